The number of amides is 2. The number of hydrogen-bond acceptors (Lipinski definition) is 4. The fourth-order valence-corrected chi connectivity index (χ4v) is 3.02. The van der Waals surface area contributed by atoms with E-state index in [1.807, 2.05) is 30.3 Å². The first-order valence-corrected chi connectivity index (χ1v) is 8.59. The molecule has 0 fully saturated rings. The number of halogens is 1. The molecule has 0 saturated carbocycles. The zero-order chi connectivity index (χ0) is 18.6. The Hall–Kier alpha value is -3.42. The molecule has 0 aliphatic carbocycles. The van der Waals surface area contributed by atoms with Gasteiger partial charge in [0, 0.05) is 0 Å². The van der Waals surface area contributed by atoms with Crippen molar-refractivity contribution in [1.82, 2.24) is 25.4 Å². The smallest absolute Gasteiger partial charge is 0.315 e. The number of benzene rings is 2. The highest BCUT2D eigenvalue weighted by Crippen LogP contribution is 2.25. The molecular weight excluding hydrogens is 349 g/mol. The maximum atomic E-state index is 13.4. The van der Waals surface area contributed by atoms with Crippen LogP contribution in [0.4, 0.5) is 9.18 Å². The van der Waals surface area contributed by atoms with Gasteiger partial charge in [-0.15, -0.1) is 0 Å². The van der Waals surface area contributed by atoms with Gasteiger partial charge in [-0.3, -0.25) is 0 Å². The third kappa shape index (κ3) is 3.89. The first-order valence-electron chi connectivity index (χ1n) is 8.59. The van der Waals surface area contributed by atoms with Crippen LogP contribution in [0.5, 0.6) is 5.75 Å². The number of carbonyl (C=O) groups is 1. The molecule has 2 heterocycles. The summed E-state index contributed by atoms with van der Waals surface area (Å²) in [6.07, 6.45) is 1.96. The molecule has 0 bridgehead atoms. The largest absolute Gasteiger partial charge is 0.491 e. The van der Waals surface area contributed by atoms with Gasteiger partial charge in [0.2, 0.25) is 0 Å². The summed E-state index contributed by atoms with van der Waals surface area (Å²) >= 11 is 0. The maximum absolute atomic E-state index is 13.4. The second kappa shape index (κ2) is 7.45. The van der Waals surface area contributed by atoms with Crippen molar-refractivity contribution in [2.45, 2.75) is 19.0 Å². The van der Waals surface area contributed by atoms with Crippen LogP contribution in [0.15, 0.2) is 54.9 Å². The molecule has 1 atom stereocenters. The van der Waals surface area contributed by atoms with Crippen molar-refractivity contribution in [3.63, 3.8) is 0 Å². The molecule has 2 N–H and O–H groups in total. The standard InChI is InChI=1S/C19H18FN5O2/c20-14-6-7-17-13(8-14)9-15(11-27-17)24-19(26)21-10-18-22-12-23-25(18)16-4-2-1-3-5-16/h1-8,12,15H,9-11H2,(H2,21,24,26). The van der Waals surface area contributed by atoms with Crippen molar-refractivity contribution >= 4 is 6.03 Å². The number of rotatable bonds is 4. The molecular formula is C19H18FN5O2. The van der Waals surface area contributed by atoms with Crippen molar-refractivity contribution in [3.8, 4) is 11.4 Å². The molecule has 138 valence electrons. The lowest BCUT2D eigenvalue weighted by Gasteiger charge is -2.26. The highest BCUT2D eigenvalue weighted by Gasteiger charge is 2.22. The predicted molar refractivity (Wildman–Crippen MR) is 96.1 cm³/mol. The Bertz CT molecular complexity index is 944. The third-order valence-corrected chi connectivity index (χ3v) is 4.29. The monoisotopic (exact) mass is 367 g/mol. The summed E-state index contributed by atoms with van der Waals surface area (Å²) in [6.45, 7) is 0.561. The van der Waals surface area contributed by atoms with E-state index >= 15 is 0 Å². The topological polar surface area (TPSA) is 81.1 Å². The third-order valence-electron chi connectivity index (χ3n) is 4.29. The Morgan fingerprint density at radius 1 is 1.26 bits per heavy atom. The molecule has 27 heavy (non-hydrogen) atoms. The molecule has 2 aromatic carbocycles. The Labute approximate surface area is 155 Å². The molecule has 8 heteroatoms. The van der Waals surface area contributed by atoms with Crippen LogP contribution in [0, 0.1) is 5.82 Å². The van der Waals surface area contributed by atoms with Crippen LogP contribution < -0.4 is 15.4 Å². The number of hydrogen-bond donors (Lipinski definition) is 2. The minimum absolute atomic E-state index is 0.222. The second-order valence-corrected chi connectivity index (χ2v) is 6.21. The first kappa shape index (κ1) is 17.0. The quantitative estimate of drug-likeness (QED) is 0.741. The van der Waals surface area contributed by atoms with Gasteiger partial charge in [-0.1, -0.05) is 18.2 Å². The molecule has 7 nitrogen and oxygen atoms in total. The van der Waals surface area contributed by atoms with Gasteiger partial charge in [0.05, 0.1) is 18.3 Å². The average molecular weight is 367 g/mol. The highest BCUT2D eigenvalue weighted by molar-refractivity contribution is 5.74. The zero-order valence-electron chi connectivity index (χ0n) is 14.4. The van der Waals surface area contributed by atoms with E-state index in [9.17, 15) is 9.18 Å². The molecule has 0 radical (unpaired) electrons. The van der Waals surface area contributed by atoms with Gasteiger partial charge in [-0.05, 0) is 42.3 Å². The number of para-hydroxylation sites is 1. The molecule has 0 spiro atoms. The Balaban J connectivity index is 1.34. The normalized spacial score (nSPS) is 15.5. The number of nitrogens with one attached hydrogen (secondary N) is 2. The molecule has 3 aromatic rings. The maximum Gasteiger partial charge on any atom is 0.315 e. The fraction of sp³-hybridized carbons (Fsp3) is 0.211. The summed E-state index contributed by atoms with van der Waals surface area (Å²) in [5.41, 5.74) is 1.61. The lowest BCUT2D eigenvalue weighted by Crippen LogP contribution is -2.47. The van der Waals surface area contributed by atoms with E-state index in [1.54, 1.807) is 10.7 Å². The zero-order valence-corrected chi connectivity index (χ0v) is 14.4. The molecule has 4 rings (SSSR count). The van der Waals surface area contributed by atoms with E-state index in [2.05, 4.69) is 20.7 Å². The van der Waals surface area contributed by atoms with Crippen LogP contribution in [-0.2, 0) is 13.0 Å². The van der Waals surface area contributed by atoms with E-state index < -0.39 is 0 Å². The molecule has 0 saturated heterocycles. The molecule has 1 aromatic heterocycles. The predicted octanol–water partition coefficient (Wildman–Crippen LogP) is 2.21. The van der Waals surface area contributed by atoms with E-state index in [0.717, 1.165) is 11.3 Å². The first-order chi connectivity index (χ1) is 13.2. The Morgan fingerprint density at radius 3 is 2.96 bits per heavy atom. The van der Waals surface area contributed by atoms with Crippen LogP contribution in [0.3, 0.4) is 0 Å². The summed E-state index contributed by atoms with van der Waals surface area (Å²) < 4.78 is 20.6. The second-order valence-electron chi connectivity index (χ2n) is 6.21. The van der Waals surface area contributed by atoms with Crippen LogP contribution in [0.1, 0.15) is 11.4 Å². The lowest BCUT2D eigenvalue weighted by molar-refractivity contribution is 0.214. The summed E-state index contributed by atoms with van der Waals surface area (Å²) in [7, 11) is 0. The van der Waals surface area contributed by atoms with E-state index in [-0.39, 0.29) is 24.4 Å². The van der Waals surface area contributed by atoms with Crippen LogP contribution in [0.2, 0.25) is 0 Å². The van der Waals surface area contributed by atoms with Crippen molar-refractivity contribution in [3.05, 3.63) is 72.1 Å². The molecule has 1 aliphatic rings. The minimum atomic E-state index is -0.342. The molecule has 1 aliphatic heterocycles. The van der Waals surface area contributed by atoms with Gasteiger partial charge < -0.3 is 15.4 Å². The van der Waals surface area contributed by atoms with Gasteiger partial charge in [0.1, 0.15) is 24.5 Å². The van der Waals surface area contributed by atoms with Crippen molar-refractivity contribution in [2.24, 2.45) is 0 Å². The summed E-state index contributed by atoms with van der Waals surface area (Å²) in [5, 5.41) is 9.81. The van der Waals surface area contributed by atoms with Gasteiger partial charge in [-0.2, -0.15) is 5.10 Å². The van der Waals surface area contributed by atoms with E-state index in [0.29, 0.717) is 24.6 Å². The summed E-state index contributed by atoms with van der Waals surface area (Å²) in [5.74, 6) is 0.956. The van der Waals surface area contributed by atoms with Crippen LogP contribution >= 0.6 is 0 Å². The molecule has 1 unspecified atom stereocenters. The summed E-state index contributed by atoms with van der Waals surface area (Å²) in [6, 6.07) is 13.4. The average Bonchev–Trinajstić information content (AvgIpc) is 3.15. The summed E-state index contributed by atoms with van der Waals surface area (Å²) in [4.78, 5) is 16.4. The van der Waals surface area contributed by atoms with Gasteiger partial charge in [0.25, 0.3) is 0 Å². The lowest BCUT2D eigenvalue weighted by atomic mass is 10.0. The molecule has 2 amide bonds. The highest BCUT2D eigenvalue weighted by atomic mass is 19.1. The van der Waals surface area contributed by atoms with E-state index in [4.69, 9.17) is 4.74 Å². The van der Waals surface area contributed by atoms with Gasteiger partial charge in [-0.25, -0.2) is 18.9 Å². The number of urea groups is 1. The van der Waals surface area contributed by atoms with E-state index in [1.165, 1.54) is 18.5 Å². The Morgan fingerprint density at radius 2 is 2.11 bits per heavy atom. The Kier molecular flexibility index (Phi) is 4.69. The van der Waals surface area contributed by atoms with Gasteiger partial charge >= 0.3 is 6.03 Å². The minimum Gasteiger partial charge on any atom is -0.491 e. The van der Waals surface area contributed by atoms with Crippen molar-refractivity contribution < 1.29 is 13.9 Å². The van der Waals surface area contributed by atoms with Crippen molar-refractivity contribution in [1.29, 1.82) is 0 Å². The van der Waals surface area contributed by atoms with Crippen LogP contribution in [-0.4, -0.2) is 33.4 Å². The number of nitrogens with zero attached hydrogens (tertiary/aromatic N) is 3. The number of ether oxygens (including phenoxy) is 1. The number of carbonyl (C=O) groups excluding carboxylic acids is 1. The number of aromatic nitrogens is 3. The number of fused-ring (bicyclic) bond motifs is 1. The van der Waals surface area contributed by atoms with Gasteiger partial charge in [0.15, 0.2) is 5.82 Å². The van der Waals surface area contributed by atoms with Crippen LogP contribution in [0.25, 0.3) is 5.69 Å². The van der Waals surface area contributed by atoms with Crippen molar-refractivity contribution in [2.75, 3.05) is 6.61 Å². The SMILES string of the molecule is O=C(NCc1ncnn1-c1ccccc1)NC1COc2ccc(F)cc2C1. The fourth-order valence-electron chi connectivity index (χ4n) is 3.02.